The maximum Gasteiger partial charge on any atom is 0.119 e. The molecule has 0 aliphatic heterocycles. The molecule has 1 aromatic rings. The van der Waals surface area contributed by atoms with Crippen molar-refractivity contribution in [3.05, 3.63) is 42.0 Å². The summed E-state index contributed by atoms with van der Waals surface area (Å²) in [7, 11) is 0. The molecule has 2 heteroatoms. The first kappa shape index (κ1) is 9.81. The van der Waals surface area contributed by atoms with E-state index >= 15 is 0 Å². The predicted octanol–water partition coefficient (Wildman–Crippen LogP) is 1.87. The Morgan fingerprint density at radius 3 is 2.62 bits per heavy atom. The number of phenols is 1. The molecule has 0 amide bonds. The number of hydrogen-bond donors (Lipinski definition) is 2. The Morgan fingerprint density at radius 1 is 1.31 bits per heavy atom. The van der Waals surface area contributed by atoms with Crippen molar-refractivity contribution in [2.24, 2.45) is 0 Å². The van der Waals surface area contributed by atoms with Crippen molar-refractivity contribution in [3.63, 3.8) is 0 Å². The zero-order valence-corrected chi connectivity index (χ0v) is 7.53. The lowest BCUT2D eigenvalue weighted by Gasteiger charge is -2.05. The summed E-state index contributed by atoms with van der Waals surface area (Å²) in [5.41, 5.74) is 1.80. The highest BCUT2D eigenvalue weighted by Gasteiger charge is 2.01. The van der Waals surface area contributed by atoms with E-state index in [1.54, 1.807) is 12.1 Å². The molecule has 1 rings (SSSR count). The third kappa shape index (κ3) is 2.92. The van der Waals surface area contributed by atoms with Gasteiger partial charge in [0, 0.05) is 6.61 Å². The Hall–Kier alpha value is -1.28. The van der Waals surface area contributed by atoms with Gasteiger partial charge in [-0.3, -0.25) is 0 Å². The zero-order valence-electron chi connectivity index (χ0n) is 7.53. The van der Waals surface area contributed by atoms with Gasteiger partial charge in [0.1, 0.15) is 5.75 Å². The minimum Gasteiger partial charge on any atom is -0.508 e. The van der Waals surface area contributed by atoms with Crippen LogP contribution in [0.15, 0.2) is 36.4 Å². The first-order valence-electron chi connectivity index (χ1n) is 4.28. The molecule has 0 aliphatic rings. The second-order valence-corrected chi connectivity index (χ2v) is 3.03. The van der Waals surface area contributed by atoms with Crippen LogP contribution in [-0.4, -0.2) is 16.8 Å². The molecule has 0 spiro atoms. The highest BCUT2D eigenvalue weighted by atomic mass is 16.3. The van der Waals surface area contributed by atoms with Gasteiger partial charge in [0.05, 0.1) is 0 Å². The standard InChI is InChI=1S/C11H14O2/c1-9(6-7-12)8-10-4-2-3-5-11(10)13/h2-5,12-13H,1,6-8H2. The SMILES string of the molecule is C=C(CCO)Cc1ccccc1O. The Bertz CT molecular complexity index is 292. The molecule has 0 saturated heterocycles. The Morgan fingerprint density at radius 2 is 2.00 bits per heavy atom. The Balaban J connectivity index is 2.63. The summed E-state index contributed by atoms with van der Waals surface area (Å²) in [4.78, 5) is 0. The van der Waals surface area contributed by atoms with Crippen LogP contribution in [0.1, 0.15) is 12.0 Å². The van der Waals surface area contributed by atoms with E-state index in [-0.39, 0.29) is 6.61 Å². The van der Waals surface area contributed by atoms with Crippen LogP contribution in [0.5, 0.6) is 5.75 Å². The predicted molar refractivity (Wildman–Crippen MR) is 52.7 cm³/mol. The summed E-state index contributed by atoms with van der Waals surface area (Å²) < 4.78 is 0. The van der Waals surface area contributed by atoms with Crippen LogP contribution in [0.2, 0.25) is 0 Å². The van der Waals surface area contributed by atoms with E-state index in [0.29, 0.717) is 18.6 Å². The van der Waals surface area contributed by atoms with Crippen LogP contribution in [0, 0.1) is 0 Å². The first-order valence-corrected chi connectivity index (χ1v) is 4.28. The van der Waals surface area contributed by atoms with Gasteiger partial charge in [-0.2, -0.15) is 0 Å². The molecule has 13 heavy (non-hydrogen) atoms. The van der Waals surface area contributed by atoms with E-state index in [9.17, 15) is 5.11 Å². The maximum atomic E-state index is 9.42. The molecule has 0 unspecified atom stereocenters. The Labute approximate surface area is 78.2 Å². The van der Waals surface area contributed by atoms with Crippen LogP contribution in [0.4, 0.5) is 0 Å². The number of benzene rings is 1. The normalized spacial score (nSPS) is 9.92. The molecule has 2 N–H and O–H groups in total. The van der Waals surface area contributed by atoms with Gasteiger partial charge in [0.2, 0.25) is 0 Å². The van der Waals surface area contributed by atoms with Crippen LogP contribution < -0.4 is 0 Å². The van der Waals surface area contributed by atoms with Crippen LogP contribution in [0.3, 0.4) is 0 Å². The van der Waals surface area contributed by atoms with Crippen LogP contribution >= 0.6 is 0 Å². The number of phenolic OH excluding ortho intramolecular Hbond substituents is 1. The summed E-state index contributed by atoms with van der Waals surface area (Å²) in [5.74, 6) is 0.293. The lowest BCUT2D eigenvalue weighted by atomic mass is 10.0. The summed E-state index contributed by atoms with van der Waals surface area (Å²) in [6.45, 7) is 3.93. The van der Waals surface area contributed by atoms with Gasteiger partial charge in [-0.1, -0.05) is 30.4 Å². The first-order chi connectivity index (χ1) is 6.24. The molecule has 0 atom stereocenters. The van der Waals surface area contributed by atoms with Gasteiger partial charge < -0.3 is 10.2 Å². The molecule has 0 aromatic heterocycles. The van der Waals surface area contributed by atoms with E-state index in [4.69, 9.17) is 5.11 Å². The largest absolute Gasteiger partial charge is 0.508 e. The van der Waals surface area contributed by atoms with E-state index in [1.165, 1.54) is 0 Å². The smallest absolute Gasteiger partial charge is 0.119 e. The van der Waals surface area contributed by atoms with Gasteiger partial charge in [-0.05, 0) is 24.5 Å². The van der Waals surface area contributed by atoms with E-state index in [1.807, 2.05) is 12.1 Å². The highest BCUT2D eigenvalue weighted by molar-refractivity contribution is 5.34. The van der Waals surface area contributed by atoms with Crippen molar-refractivity contribution in [1.82, 2.24) is 0 Å². The van der Waals surface area contributed by atoms with E-state index < -0.39 is 0 Å². The van der Waals surface area contributed by atoms with Crippen LogP contribution in [-0.2, 0) is 6.42 Å². The van der Waals surface area contributed by atoms with Gasteiger partial charge in [0.25, 0.3) is 0 Å². The number of rotatable bonds is 4. The van der Waals surface area contributed by atoms with Gasteiger partial charge >= 0.3 is 0 Å². The molecule has 0 saturated carbocycles. The molecular weight excluding hydrogens is 164 g/mol. The fraction of sp³-hybridized carbons (Fsp3) is 0.273. The molecule has 0 radical (unpaired) electrons. The Kier molecular flexibility index (Phi) is 3.53. The van der Waals surface area contributed by atoms with Crippen molar-refractivity contribution < 1.29 is 10.2 Å². The second-order valence-electron chi connectivity index (χ2n) is 3.03. The number of aromatic hydroxyl groups is 1. The van der Waals surface area contributed by atoms with Gasteiger partial charge in [-0.25, -0.2) is 0 Å². The fourth-order valence-electron chi connectivity index (χ4n) is 1.18. The summed E-state index contributed by atoms with van der Waals surface area (Å²) in [5, 5.41) is 18.1. The average molecular weight is 178 g/mol. The molecular formula is C11H14O2. The number of aliphatic hydroxyl groups excluding tert-OH is 1. The molecule has 2 nitrogen and oxygen atoms in total. The van der Waals surface area contributed by atoms with E-state index in [0.717, 1.165) is 11.1 Å². The topological polar surface area (TPSA) is 40.5 Å². The summed E-state index contributed by atoms with van der Waals surface area (Å²) in [6, 6.07) is 7.17. The zero-order chi connectivity index (χ0) is 9.68. The molecule has 0 aliphatic carbocycles. The number of aliphatic hydroxyl groups is 1. The monoisotopic (exact) mass is 178 g/mol. The summed E-state index contributed by atoms with van der Waals surface area (Å²) >= 11 is 0. The lowest BCUT2D eigenvalue weighted by Crippen LogP contribution is -1.92. The van der Waals surface area contributed by atoms with Crippen molar-refractivity contribution in [2.75, 3.05) is 6.61 Å². The van der Waals surface area contributed by atoms with Crippen molar-refractivity contribution in [2.45, 2.75) is 12.8 Å². The third-order valence-electron chi connectivity index (χ3n) is 1.90. The molecule has 70 valence electrons. The number of para-hydroxylation sites is 1. The van der Waals surface area contributed by atoms with Gasteiger partial charge in [-0.15, -0.1) is 0 Å². The second kappa shape index (κ2) is 4.67. The van der Waals surface area contributed by atoms with Gasteiger partial charge in [0.15, 0.2) is 0 Å². The van der Waals surface area contributed by atoms with Crippen molar-refractivity contribution in [3.8, 4) is 5.75 Å². The third-order valence-corrected chi connectivity index (χ3v) is 1.90. The van der Waals surface area contributed by atoms with Crippen molar-refractivity contribution in [1.29, 1.82) is 0 Å². The lowest BCUT2D eigenvalue weighted by molar-refractivity contribution is 0.298. The highest BCUT2D eigenvalue weighted by Crippen LogP contribution is 2.19. The molecule has 0 bridgehead atoms. The number of hydrogen-bond acceptors (Lipinski definition) is 2. The molecule has 1 aromatic carbocycles. The fourth-order valence-corrected chi connectivity index (χ4v) is 1.18. The van der Waals surface area contributed by atoms with Crippen molar-refractivity contribution >= 4 is 0 Å². The maximum absolute atomic E-state index is 9.42. The minimum absolute atomic E-state index is 0.117. The summed E-state index contributed by atoms with van der Waals surface area (Å²) in [6.07, 6.45) is 1.22. The molecule has 0 fully saturated rings. The van der Waals surface area contributed by atoms with E-state index in [2.05, 4.69) is 6.58 Å². The van der Waals surface area contributed by atoms with Crippen LogP contribution in [0.25, 0.3) is 0 Å². The minimum atomic E-state index is 0.117. The quantitative estimate of drug-likeness (QED) is 0.691. The average Bonchev–Trinajstić information content (AvgIpc) is 2.09. The molecule has 0 heterocycles.